The second-order valence-electron chi connectivity index (χ2n) is 6.82. The fraction of sp³-hybridized carbons (Fsp3) is 0.429. The van der Waals surface area contributed by atoms with Gasteiger partial charge >= 0.3 is 6.03 Å². The zero-order valence-corrected chi connectivity index (χ0v) is 16.1. The lowest BCUT2D eigenvalue weighted by molar-refractivity contribution is 0.112. The van der Waals surface area contributed by atoms with E-state index in [0.29, 0.717) is 6.04 Å². The number of likely N-dealkylation sites (tertiary alicyclic amines) is 1. The van der Waals surface area contributed by atoms with E-state index in [1.807, 2.05) is 41.6 Å². The van der Waals surface area contributed by atoms with Gasteiger partial charge in [0.15, 0.2) is 0 Å². The Kier molecular flexibility index (Phi) is 6.65. The number of nitrogens with one attached hydrogen (secondary N) is 1. The van der Waals surface area contributed by atoms with Gasteiger partial charge in [-0.2, -0.15) is 0 Å². The summed E-state index contributed by atoms with van der Waals surface area (Å²) in [4.78, 5) is 21.2. The maximum atomic E-state index is 12.7. The van der Waals surface area contributed by atoms with Gasteiger partial charge in [-0.25, -0.2) is 4.79 Å². The van der Waals surface area contributed by atoms with Gasteiger partial charge in [0.25, 0.3) is 0 Å². The van der Waals surface area contributed by atoms with Crippen LogP contribution in [-0.4, -0.2) is 53.6 Å². The molecule has 0 spiro atoms. The first-order chi connectivity index (χ1) is 13.2. The summed E-state index contributed by atoms with van der Waals surface area (Å²) in [5.41, 5.74) is 2.04. The number of nitrogens with zero attached hydrogens (tertiary/aromatic N) is 3. The van der Waals surface area contributed by atoms with Gasteiger partial charge in [-0.3, -0.25) is 9.88 Å². The number of benzene rings is 1. The quantitative estimate of drug-likeness (QED) is 0.846. The Bertz CT molecular complexity index is 721. The van der Waals surface area contributed by atoms with E-state index in [0.717, 1.165) is 50.5 Å². The van der Waals surface area contributed by atoms with Crippen LogP contribution >= 0.6 is 0 Å². The summed E-state index contributed by atoms with van der Waals surface area (Å²) in [6, 6.07) is 11.9. The van der Waals surface area contributed by atoms with Crippen molar-refractivity contribution in [1.82, 2.24) is 14.8 Å². The summed E-state index contributed by atoms with van der Waals surface area (Å²) >= 11 is 0. The first-order valence-electron chi connectivity index (χ1n) is 9.52. The molecule has 3 rings (SSSR count). The van der Waals surface area contributed by atoms with Crippen molar-refractivity contribution in [3.63, 3.8) is 0 Å². The molecule has 144 valence electrons. The van der Waals surface area contributed by atoms with Crippen LogP contribution in [0.3, 0.4) is 0 Å². The molecule has 1 aliphatic rings. The number of piperidine rings is 1. The molecule has 0 saturated carbocycles. The van der Waals surface area contributed by atoms with E-state index in [4.69, 9.17) is 4.74 Å². The van der Waals surface area contributed by atoms with E-state index in [1.54, 1.807) is 7.11 Å². The summed E-state index contributed by atoms with van der Waals surface area (Å²) in [5, 5.41) is 2.99. The third-order valence-electron chi connectivity index (χ3n) is 5.08. The minimum atomic E-state index is -0.0372. The molecular formula is C21H28N4O2. The molecule has 2 heterocycles. The molecule has 1 unspecified atom stereocenters. The van der Waals surface area contributed by atoms with Crippen LogP contribution in [0.2, 0.25) is 0 Å². The highest BCUT2D eigenvalue weighted by molar-refractivity contribution is 5.89. The average molecular weight is 368 g/mol. The number of likely N-dealkylation sites (N-methyl/N-ethyl adjacent to an activating group) is 1. The maximum Gasteiger partial charge on any atom is 0.321 e. The Morgan fingerprint density at radius 3 is 2.67 bits per heavy atom. The third kappa shape index (κ3) is 5.20. The fourth-order valence-corrected chi connectivity index (χ4v) is 3.54. The van der Waals surface area contributed by atoms with E-state index in [2.05, 4.69) is 34.3 Å². The number of hydrogen-bond donors (Lipinski definition) is 1. The molecule has 27 heavy (non-hydrogen) atoms. The molecule has 2 aromatic rings. The normalized spacial score (nSPS) is 17.0. The summed E-state index contributed by atoms with van der Waals surface area (Å²) in [6.07, 6.45) is 5.80. The van der Waals surface area contributed by atoms with Crippen LogP contribution in [0.1, 0.15) is 25.3 Å². The number of methoxy groups -OCH3 is 1. The standard InChI is InChI=1S/C21H28N4O2/c1-3-24(15-17-10-12-22-13-11-17)19-5-4-14-25(16-19)21(26)23-18-6-8-20(27-2)9-7-18/h6-13,19H,3-5,14-16H2,1-2H3,(H,23,26). The molecular weight excluding hydrogens is 340 g/mol. The van der Waals surface area contributed by atoms with Gasteiger partial charge in [0, 0.05) is 43.8 Å². The molecule has 1 saturated heterocycles. The van der Waals surface area contributed by atoms with Crippen molar-refractivity contribution in [3.8, 4) is 5.75 Å². The Morgan fingerprint density at radius 2 is 2.00 bits per heavy atom. The van der Waals surface area contributed by atoms with Gasteiger partial charge < -0.3 is 15.0 Å². The van der Waals surface area contributed by atoms with Crippen molar-refractivity contribution < 1.29 is 9.53 Å². The number of rotatable bonds is 6. The number of ether oxygens (including phenoxy) is 1. The van der Waals surface area contributed by atoms with E-state index in [1.165, 1.54) is 5.56 Å². The molecule has 1 aromatic carbocycles. The first-order valence-corrected chi connectivity index (χ1v) is 9.52. The van der Waals surface area contributed by atoms with Crippen LogP contribution in [0.5, 0.6) is 5.75 Å². The van der Waals surface area contributed by atoms with Gasteiger partial charge in [-0.15, -0.1) is 0 Å². The molecule has 0 aliphatic carbocycles. The average Bonchev–Trinajstić information content (AvgIpc) is 2.73. The van der Waals surface area contributed by atoms with Crippen molar-refractivity contribution in [1.29, 1.82) is 0 Å². The topological polar surface area (TPSA) is 57.7 Å². The number of carbonyl (C=O) groups is 1. The van der Waals surface area contributed by atoms with E-state index < -0.39 is 0 Å². The lowest BCUT2D eigenvalue weighted by atomic mass is 10.0. The predicted octanol–water partition coefficient (Wildman–Crippen LogP) is 3.61. The molecule has 1 fully saturated rings. The molecule has 0 radical (unpaired) electrons. The van der Waals surface area contributed by atoms with Gasteiger partial charge in [0.2, 0.25) is 0 Å². The van der Waals surface area contributed by atoms with Crippen LogP contribution in [0, 0.1) is 0 Å². The summed E-state index contributed by atoms with van der Waals surface area (Å²) in [6.45, 7) is 5.57. The van der Waals surface area contributed by atoms with E-state index >= 15 is 0 Å². The number of carbonyl (C=O) groups excluding carboxylic acids is 1. The monoisotopic (exact) mass is 368 g/mol. The van der Waals surface area contributed by atoms with Crippen LogP contribution in [0.4, 0.5) is 10.5 Å². The Labute approximate surface area is 161 Å². The van der Waals surface area contributed by atoms with Gasteiger partial charge in [0.1, 0.15) is 5.75 Å². The first kappa shape index (κ1) is 19.2. The lowest BCUT2D eigenvalue weighted by Crippen LogP contribution is -2.50. The van der Waals surface area contributed by atoms with Crippen LogP contribution < -0.4 is 10.1 Å². The molecule has 6 nitrogen and oxygen atoms in total. The predicted molar refractivity (Wildman–Crippen MR) is 107 cm³/mol. The van der Waals surface area contributed by atoms with Crippen molar-refractivity contribution in [2.45, 2.75) is 32.4 Å². The summed E-state index contributed by atoms with van der Waals surface area (Å²) in [7, 11) is 1.63. The number of anilines is 1. The minimum absolute atomic E-state index is 0.0372. The zero-order chi connectivity index (χ0) is 19.1. The largest absolute Gasteiger partial charge is 0.497 e. The van der Waals surface area contributed by atoms with Crippen molar-refractivity contribution in [2.75, 3.05) is 32.1 Å². The number of amides is 2. The Hall–Kier alpha value is -2.60. The number of aromatic nitrogens is 1. The zero-order valence-electron chi connectivity index (χ0n) is 16.1. The molecule has 1 aromatic heterocycles. The van der Waals surface area contributed by atoms with Crippen molar-refractivity contribution >= 4 is 11.7 Å². The summed E-state index contributed by atoms with van der Waals surface area (Å²) in [5.74, 6) is 0.778. The summed E-state index contributed by atoms with van der Waals surface area (Å²) < 4.78 is 5.16. The highest BCUT2D eigenvalue weighted by Crippen LogP contribution is 2.20. The van der Waals surface area contributed by atoms with Gasteiger partial charge in [-0.05, 0) is 61.3 Å². The second-order valence-corrected chi connectivity index (χ2v) is 6.82. The molecule has 1 aliphatic heterocycles. The Morgan fingerprint density at radius 1 is 1.26 bits per heavy atom. The van der Waals surface area contributed by atoms with Crippen LogP contribution in [-0.2, 0) is 6.54 Å². The number of hydrogen-bond acceptors (Lipinski definition) is 4. The fourth-order valence-electron chi connectivity index (χ4n) is 3.54. The molecule has 1 atom stereocenters. The lowest BCUT2D eigenvalue weighted by Gasteiger charge is -2.39. The van der Waals surface area contributed by atoms with Gasteiger partial charge in [-0.1, -0.05) is 6.92 Å². The molecule has 6 heteroatoms. The SMILES string of the molecule is CCN(Cc1ccncc1)C1CCCN(C(=O)Nc2ccc(OC)cc2)C1. The second kappa shape index (κ2) is 9.37. The maximum absolute atomic E-state index is 12.7. The number of urea groups is 1. The molecule has 1 N–H and O–H groups in total. The number of pyridine rings is 1. The van der Waals surface area contributed by atoms with Crippen molar-refractivity contribution in [2.24, 2.45) is 0 Å². The highest BCUT2D eigenvalue weighted by Gasteiger charge is 2.27. The van der Waals surface area contributed by atoms with E-state index in [9.17, 15) is 4.79 Å². The van der Waals surface area contributed by atoms with Crippen molar-refractivity contribution in [3.05, 3.63) is 54.4 Å². The smallest absolute Gasteiger partial charge is 0.321 e. The van der Waals surface area contributed by atoms with Crippen LogP contribution in [0.15, 0.2) is 48.8 Å². The van der Waals surface area contributed by atoms with Gasteiger partial charge in [0.05, 0.1) is 7.11 Å². The highest BCUT2D eigenvalue weighted by atomic mass is 16.5. The molecule has 2 amide bonds. The van der Waals surface area contributed by atoms with Crippen LogP contribution in [0.25, 0.3) is 0 Å². The third-order valence-corrected chi connectivity index (χ3v) is 5.08. The molecule has 0 bridgehead atoms. The Balaban J connectivity index is 1.59. The minimum Gasteiger partial charge on any atom is -0.497 e. The van der Waals surface area contributed by atoms with E-state index in [-0.39, 0.29) is 6.03 Å².